The molecule has 0 aliphatic carbocycles. The Morgan fingerprint density at radius 3 is 2.71 bits per heavy atom. The molecule has 0 bridgehead atoms. The molecule has 1 amide bonds. The van der Waals surface area contributed by atoms with Crippen molar-refractivity contribution in [3.63, 3.8) is 0 Å². The molecule has 4 nitrogen and oxygen atoms in total. The third-order valence-electron chi connectivity index (χ3n) is 3.71. The summed E-state index contributed by atoms with van der Waals surface area (Å²) in [4.78, 5) is 18.9. The first-order valence-electron chi connectivity index (χ1n) is 7.89. The number of carbonyl (C=O) groups excluding carboxylic acids is 1. The highest BCUT2D eigenvalue weighted by Crippen LogP contribution is 2.25. The van der Waals surface area contributed by atoms with E-state index in [9.17, 15) is 4.79 Å². The second-order valence-corrected chi connectivity index (χ2v) is 7.68. The Morgan fingerprint density at radius 1 is 1.38 bits per heavy atom. The van der Waals surface area contributed by atoms with Gasteiger partial charge in [0.05, 0.1) is 17.1 Å². The van der Waals surface area contributed by atoms with Gasteiger partial charge in [0.15, 0.2) is 0 Å². The SMILES string of the molecule is CC(C)(C)c1nc(CC(=O)NCCCN2CCCC2)cs1. The summed E-state index contributed by atoms with van der Waals surface area (Å²) in [7, 11) is 0. The topological polar surface area (TPSA) is 45.2 Å². The van der Waals surface area contributed by atoms with Crippen LogP contribution in [-0.4, -0.2) is 42.0 Å². The Bertz CT molecular complexity index is 458. The molecule has 1 fully saturated rings. The lowest BCUT2D eigenvalue weighted by Crippen LogP contribution is -2.29. The standard InChI is InChI=1S/C16H27N3OS/c1-16(2,3)15-18-13(12-21-15)11-14(20)17-7-6-10-19-8-4-5-9-19/h12H,4-11H2,1-3H3,(H,17,20). The van der Waals surface area contributed by atoms with E-state index in [1.165, 1.54) is 25.9 Å². The zero-order valence-electron chi connectivity index (χ0n) is 13.4. The smallest absolute Gasteiger partial charge is 0.226 e. The maximum absolute atomic E-state index is 11.9. The Morgan fingerprint density at radius 2 is 2.10 bits per heavy atom. The molecule has 0 aromatic carbocycles. The average Bonchev–Trinajstić information content (AvgIpc) is 3.04. The molecule has 1 aliphatic heterocycles. The van der Waals surface area contributed by atoms with Gasteiger partial charge in [-0.3, -0.25) is 4.79 Å². The van der Waals surface area contributed by atoms with Crippen molar-refractivity contribution in [2.75, 3.05) is 26.2 Å². The lowest BCUT2D eigenvalue weighted by Gasteiger charge is -2.14. The number of hydrogen-bond acceptors (Lipinski definition) is 4. The van der Waals surface area contributed by atoms with E-state index in [1.807, 2.05) is 5.38 Å². The lowest BCUT2D eigenvalue weighted by molar-refractivity contribution is -0.120. The van der Waals surface area contributed by atoms with Gasteiger partial charge in [0.2, 0.25) is 5.91 Å². The molecule has 1 aliphatic rings. The number of thiazole rings is 1. The zero-order valence-corrected chi connectivity index (χ0v) is 14.3. The van der Waals surface area contributed by atoms with Crippen molar-refractivity contribution in [2.24, 2.45) is 0 Å². The number of amides is 1. The lowest BCUT2D eigenvalue weighted by atomic mass is 9.98. The Balaban J connectivity index is 1.66. The molecule has 118 valence electrons. The number of likely N-dealkylation sites (tertiary alicyclic amines) is 1. The summed E-state index contributed by atoms with van der Waals surface area (Å²) in [6, 6.07) is 0. The van der Waals surface area contributed by atoms with Gasteiger partial charge in [0.25, 0.3) is 0 Å². The van der Waals surface area contributed by atoms with Crippen LogP contribution in [0, 0.1) is 0 Å². The highest BCUT2D eigenvalue weighted by atomic mass is 32.1. The fourth-order valence-electron chi connectivity index (χ4n) is 2.50. The first kappa shape index (κ1) is 16.4. The summed E-state index contributed by atoms with van der Waals surface area (Å²) in [6.45, 7) is 10.8. The van der Waals surface area contributed by atoms with Gasteiger partial charge in [-0.25, -0.2) is 4.98 Å². The van der Waals surface area contributed by atoms with Crippen molar-refractivity contribution < 1.29 is 4.79 Å². The van der Waals surface area contributed by atoms with Crippen LogP contribution in [0.5, 0.6) is 0 Å². The Kier molecular flexibility index (Phi) is 5.76. The molecule has 0 radical (unpaired) electrons. The molecule has 0 unspecified atom stereocenters. The molecule has 21 heavy (non-hydrogen) atoms. The summed E-state index contributed by atoms with van der Waals surface area (Å²) < 4.78 is 0. The van der Waals surface area contributed by atoms with Crippen LogP contribution >= 0.6 is 11.3 Å². The number of nitrogens with one attached hydrogen (secondary N) is 1. The molecule has 0 spiro atoms. The van der Waals surface area contributed by atoms with Crippen molar-refractivity contribution in [1.29, 1.82) is 0 Å². The van der Waals surface area contributed by atoms with Gasteiger partial charge in [-0.15, -0.1) is 11.3 Å². The largest absolute Gasteiger partial charge is 0.356 e. The monoisotopic (exact) mass is 309 g/mol. The summed E-state index contributed by atoms with van der Waals surface area (Å²) in [5.74, 6) is 0.0854. The average molecular weight is 309 g/mol. The molecule has 1 N–H and O–H groups in total. The predicted molar refractivity (Wildman–Crippen MR) is 87.8 cm³/mol. The second-order valence-electron chi connectivity index (χ2n) is 6.82. The van der Waals surface area contributed by atoms with Gasteiger partial charge in [0.1, 0.15) is 0 Å². The number of carbonyl (C=O) groups is 1. The summed E-state index contributed by atoms with van der Waals surface area (Å²) in [5, 5.41) is 6.10. The number of aromatic nitrogens is 1. The van der Waals surface area contributed by atoms with Crippen LogP contribution in [0.4, 0.5) is 0 Å². The van der Waals surface area contributed by atoms with Gasteiger partial charge in [0, 0.05) is 17.3 Å². The second kappa shape index (κ2) is 7.36. The van der Waals surface area contributed by atoms with Gasteiger partial charge in [-0.1, -0.05) is 20.8 Å². The molecule has 5 heteroatoms. The van der Waals surface area contributed by atoms with Gasteiger partial charge >= 0.3 is 0 Å². The Hall–Kier alpha value is -0.940. The maximum Gasteiger partial charge on any atom is 0.226 e. The first-order chi connectivity index (χ1) is 9.95. The van der Waals surface area contributed by atoms with E-state index in [-0.39, 0.29) is 11.3 Å². The summed E-state index contributed by atoms with van der Waals surface area (Å²) in [6.07, 6.45) is 4.09. The number of nitrogens with zero attached hydrogens (tertiary/aromatic N) is 2. The van der Waals surface area contributed by atoms with Crippen molar-refractivity contribution in [1.82, 2.24) is 15.2 Å². The normalized spacial score (nSPS) is 16.3. The van der Waals surface area contributed by atoms with Gasteiger partial charge < -0.3 is 10.2 Å². The van der Waals surface area contributed by atoms with Crippen molar-refractivity contribution in [2.45, 2.75) is 51.9 Å². The molecule has 1 saturated heterocycles. The van der Waals surface area contributed by atoms with E-state index in [2.05, 4.69) is 36.0 Å². The molecule has 0 atom stereocenters. The van der Waals surface area contributed by atoms with E-state index < -0.39 is 0 Å². The quantitative estimate of drug-likeness (QED) is 0.822. The predicted octanol–water partition coefficient (Wildman–Crippen LogP) is 2.59. The van der Waals surface area contributed by atoms with Crippen LogP contribution in [0.1, 0.15) is 50.7 Å². The highest BCUT2D eigenvalue weighted by molar-refractivity contribution is 7.09. The summed E-state index contributed by atoms with van der Waals surface area (Å²) in [5.41, 5.74) is 0.955. The molecular weight excluding hydrogens is 282 g/mol. The van der Waals surface area contributed by atoms with Crippen LogP contribution in [0.3, 0.4) is 0 Å². The molecule has 1 aromatic rings. The van der Waals surface area contributed by atoms with Crippen molar-refractivity contribution in [3.05, 3.63) is 16.1 Å². The molecule has 2 heterocycles. The van der Waals surface area contributed by atoms with Crippen LogP contribution in [0.2, 0.25) is 0 Å². The minimum Gasteiger partial charge on any atom is -0.356 e. The third kappa shape index (κ3) is 5.40. The van der Waals surface area contributed by atoms with E-state index in [4.69, 9.17) is 0 Å². The van der Waals surface area contributed by atoms with Gasteiger partial charge in [-0.2, -0.15) is 0 Å². The molecule has 1 aromatic heterocycles. The first-order valence-corrected chi connectivity index (χ1v) is 8.77. The molecular formula is C16H27N3OS. The van der Waals surface area contributed by atoms with Crippen molar-refractivity contribution >= 4 is 17.2 Å². The van der Waals surface area contributed by atoms with Gasteiger partial charge in [-0.05, 0) is 38.9 Å². The highest BCUT2D eigenvalue weighted by Gasteiger charge is 2.18. The van der Waals surface area contributed by atoms with Crippen LogP contribution in [0.25, 0.3) is 0 Å². The van der Waals surface area contributed by atoms with Crippen LogP contribution < -0.4 is 5.32 Å². The minimum absolute atomic E-state index is 0.0646. The zero-order chi connectivity index (χ0) is 15.3. The fourth-order valence-corrected chi connectivity index (χ4v) is 3.40. The fraction of sp³-hybridized carbons (Fsp3) is 0.750. The van der Waals surface area contributed by atoms with E-state index in [0.29, 0.717) is 6.42 Å². The summed E-state index contributed by atoms with van der Waals surface area (Å²) >= 11 is 1.65. The van der Waals surface area contributed by atoms with Crippen molar-refractivity contribution in [3.8, 4) is 0 Å². The van der Waals surface area contributed by atoms with E-state index in [0.717, 1.165) is 30.2 Å². The van der Waals surface area contributed by atoms with Crippen LogP contribution in [-0.2, 0) is 16.6 Å². The number of hydrogen-bond donors (Lipinski definition) is 1. The maximum atomic E-state index is 11.9. The third-order valence-corrected chi connectivity index (χ3v) is 5.02. The molecule has 0 saturated carbocycles. The molecule has 2 rings (SSSR count). The number of rotatable bonds is 6. The van der Waals surface area contributed by atoms with E-state index in [1.54, 1.807) is 11.3 Å². The Labute approximate surface area is 132 Å². The van der Waals surface area contributed by atoms with E-state index >= 15 is 0 Å². The van der Waals surface area contributed by atoms with Crippen LogP contribution in [0.15, 0.2) is 5.38 Å². The minimum atomic E-state index is 0.0646.